The number of fused-ring (bicyclic) bond motifs is 1. The molecule has 2 amide bonds. The number of methoxy groups -OCH3 is 1. The molecule has 0 aromatic heterocycles. The van der Waals surface area contributed by atoms with E-state index in [1.165, 1.54) is 0 Å². The topological polar surface area (TPSA) is 102 Å². The average molecular weight is 514 g/mol. The van der Waals surface area contributed by atoms with Crippen molar-refractivity contribution in [3.8, 4) is 0 Å². The maximum absolute atomic E-state index is 13.0. The van der Waals surface area contributed by atoms with Crippen LogP contribution in [0, 0.1) is 11.8 Å². The van der Waals surface area contributed by atoms with Gasteiger partial charge in [-0.1, -0.05) is 19.9 Å². The minimum atomic E-state index is -0.693. The van der Waals surface area contributed by atoms with Gasteiger partial charge in [-0.15, -0.1) is 0 Å². The minimum Gasteiger partial charge on any atom is -0.499 e. The molecule has 3 heterocycles. The number of ether oxygens (including phenoxy) is 1. The molecule has 10 heteroatoms. The smallest absolute Gasteiger partial charge is 0.227 e. The highest BCUT2D eigenvalue weighted by atomic mass is 16.5. The molecule has 2 fully saturated rings. The molecule has 0 radical (unpaired) electrons. The molecule has 37 heavy (non-hydrogen) atoms. The van der Waals surface area contributed by atoms with Crippen LogP contribution in [0.4, 0.5) is 0 Å². The third-order valence-corrected chi connectivity index (χ3v) is 7.79. The molecule has 0 saturated carbocycles. The average Bonchev–Trinajstić information content (AvgIpc) is 2.95. The highest BCUT2D eigenvalue weighted by Crippen LogP contribution is 2.34. The number of likely N-dealkylation sites (tertiary alicyclic amines) is 1. The van der Waals surface area contributed by atoms with E-state index in [2.05, 4.69) is 53.6 Å². The molecular weight excluding hydrogens is 470 g/mol. The second-order valence-electron chi connectivity index (χ2n) is 11.1. The molecule has 1 aliphatic carbocycles. The monoisotopic (exact) mass is 513 g/mol. The van der Waals surface area contributed by atoms with E-state index >= 15 is 0 Å². The zero-order valence-corrected chi connectivity index (χ0v) is 23.1. The summed E-state index contributed by atoms with van der Waals surface area (Å²) in [4.78, 5) is 37.0. The van der Waals surface area contributed by atoms with Crippen LogP contribution >= 0.6 is 0 Å². The molecule has 4 aliphatic rings. The van der Waals surface area contributed by atoms with Gasteiger partial charge in [-0.3, -0.25) is 14.5 Å². The molecule has 0 aromatic carbocycles. The number of guanidine groups is 1. The summed E-state index contributed by atoms with van der Waals surface area (Å²) < 4.78 is 5.70. The molecule has 2 atom stereocenters. The molecule has 10 nitrogen and oxygen atoms in total. The molecule has 204 valence electrons. The van der Waals surface area contributed by atoms with Gasteiger partial charge in [0.2, 0.25) is 17.8 Å². The Balaban J connectivity index is 1.48. The van der Waals surface area contributed by atoms with Gasteiger partial charge in [0.25, 0.3) is 0 Å². The second-order valence-corrected chi connectivity index (χ2v) is 11.1. The van der Waals surface area contributed by atoms with Crippen LogP contribution in [0.2, 0.25) is 0 Å². The number of nitrogens with zero attached hydrogens (tertiary/aromatic N) is 4. The number of carbonyl (C=O) groups is 2. The van der Waals surface area contributed by atoms with Crippen molar-refractivity contribution in [2.75, 3.05) is 47.4 Å². The first-order valence-corrected chi connectivity index (χ1v) is 13.4. The number of likely N-dealkylation sites (N-methyl/N-ethyl adjacent to an activating group) is 1. The van der Waals surface area contributed by atoms with E-state index in [-0.39, 0.29) is 23.8 Å². The van der Waals surface area contributed by atoms with E-state index in [0.717, 1.165) is 43.9 Å². The summed E-state index contributed by atoms with van der Waals surface area (Å²) in [5.74, 6) is 1.58. The van der Waals surface area contributed by atoms with Crippen LogP contribution < -0.4 is 16.0 Å². The lowest BCUT2D eigenvalue weighted by atomic mass is 9.95. The van der Waals surface area contributed by atoms with Crippen molar-refractivity contribution >= 4 is 17.8 Å². The van der Waals surface area contributed by atoms with E-state index in [9.17, 15) is 9.59 Å². The van der Waals surface area contributed by atoms with Gasteiger partial charge in [0.1, 0.15) is 5.76 Å². The number of amides is 2. The third kappa shape index (κ3) is 6.01. The summed E-state index contributed by atoms with van der Waals surface area (Å²) >= 11 is 0. The Labute approximate surface area is 220 Å². The van der Waals surface area contributed by atoms with Crippen LogP contribution in [0.3, 0.4) is 0 Å². The van der Waals surface area contributed by atoms with Crippen molar-refractivity contribution in [2.24, 2.45) is 16.8 Å². The number of carbonyl (C=O) groups excluding carboxylic acids is 2. The molecule has 2 saturated heterocycles. The van der Waals surface area contributed by atoms with Crippen molar-refractivity contribution in [3.63, 3.8) is 0 Å². The van der Waals surface area contributed by atoms with Gasteiger partial charge in [-0.05, 0) is 51.9 Å². The molecule has 0 bridgehead atoms. The summed E-state index contributed by atoms with van der Waals surface area (Å²) in [6.45, 7) is 9.89. The summed E-state index contributed by atoms with van der Waals surface area (Å²) in [6.07, 6.45) is 8.60. The van der Waals surface area contributed by atoms with Gasteiger partial charge >= 0.3 is 0 Å². The number of rotatable bonds is 6. The Hall–Kier alpha value is -2.85. The van der Waals surface area contributed by atoms with Crippen molar-refractivity contribution in [1.29, 1.82) is 0 Å². The Morgan fingerprint density at radius 2 is 2.00 bits per heavy atom. The van der Waals surface area contributed by atoms with Crippen LogP contribution in [0.5, 0.6) is 0 Å². The Kier molecular flexibility index (Phi) is 8.28. The van der Waals surface area contributed by atoms with Crippen molar-refractivity contribution in [2.45, 2.75) is 58.2 Å². The first-order valence-electron chi connectivity index (χ1n) is 13.4. The number of hydrogen-bond donors (Lipinski definition) is 3. The summed E-state index contributed by atoms with van der Waals surface area (Å²) in [5.41, 5.74) is 0.902. The van der Waals surface area contributed by atoms with Crippen LogP contribution in [0.1, 0.15) is 46.5 Å². The quantitative estimate of drug-likeness (QED) is 0.496. The van der Waals surface area contributed by atoms with Gasteiger partial charge in [-0.2, -0.15) is 0 Å². The normalized spacial score (nSPS) is 27.8. The Morgan fingerprint density at radius 3 is 2.68 bits per heavy atom. The number of aliphatic imine (C=N–C) groups is 1. The van der Waals surface area contributed by atoms with Gasteiger partial charge in [-0.25, -0.2) is 4.99 Å². The van der Waals surface area contributed by atoms with E-state index in [4.69, 9.17) is 9.73 Å². The fourth-order valence-electron chi connectivity index (χ4n) is 5.51. The second kappa shape index (κ2) is 11.3. The first-order chi connectivity index (χ1) is 17.6. The van der Waals surface area contributed by atoms with Gasteiger partial charge in [0, 0.05) is 45.2 Å². The van der Waals surface area contributed by atoms with E-state index in [1.54, 1.807) is 12.0 Å². The van der Waals surface area contributed by atoms with Crippen LogP contribution in [-0.4, -0.2) is 91.6 Å². The van der Waals surface area contributed by atoms with E-state index in [0.29, 0.717) is 37.0 Å². The third-order valence-electron chi connectivity index (χ3n) is 7.79. The highest BCUT2D eigenvalue weighted by molar-refractivity contribution is 5.87. The lowest BCUT2D eigenvalue weighted by Gasteiger charge is -2.42. The van der Waals surface area contributed by atoms with Crippen molar-refractivity contribution in [3.05, 3.63) is 35.5 Å². The standard InChI is InChI=1S/C27H43N7O3/c1-18(2)17-34-14-11-24(35)33(5)23-16-28-26(31-27(23,34)3)30-21-8-7-19(15-22(21)37-6)25(36)29-20-9-12-32(4)13-10-20/h7-8,16,18-20H,9-15,17H2,1-6H3,(H,29,36)(H2,28,30,31). The molecule has 0 spiro atoms. The maximum Gasteiger partial charge on any atom is 0.227 e. The number of allylic oxidation sites excluding steroid dienone is 2. The number of hydrogen-bond acceptors (Lipinski definition) is 8. The largest absolute Gasteiger partial charge is 0.499 e. The zero-order chi connectivity index (χ0) is 26.7. The summed E-state index contributed by atoms with van der Waals surface area (Å²) in [7, 11) is 5.56. The molecule has 3 aliphatic heterocycles. The highest BCUT2D eigenvalue weighted by Gasteiger charge is 2.44. The number of nitrogens with one attached hydrogen (secondary N) is 3. The van der Waals surface area contributed by atoms with E-state index in [1.807, 2.05) is 25.4 Å². The van der Waals surface area contributed by atoms with E-state index < -0.39 is 5.66 Å². The van der Waals surface area contributed by atoms with Gasteiger partial charge in [0.05, 0.1) is 24.4 Å². The predicted octanol–water partition coefficient (Wildman–Crippen LogP) is 1.56. The first kappa shape index (κ1) is 27.2. The molecular formula is C27H43N7O3. The SMILES string of the molecule is COC1=C(NC2=NC3(C)C(=CN2)N(C)C(=O)CCN3CC(C)C)C=CC(C(=O)NC2CCN(C)CC2)C1. The Bertz CT molecular complexity index is 1010. The van der Waals surface area contributed by atoms with Gasteiger partial charge in [0.15, 0.2) is 5.66 Å². The zero-order valence-electron chi connectivity index (χ0n) is 23.1. The summed E-state index contributed by atoms with van der Waals surface area (Å²) in [6, 6.07) is 0.229. The molecule has 3 N–H and O–H groups in total. The fourth-order valence-corrected chi connectivity index (χ4v) is 5.51. The van der Waals surface area contributed by atoms with Crippen molar-refractivity contribution < 1.29 is 14.3 Å². The maximum atomic E-state index is 13.0. The van der Waals surface area contributed by atoms with Crippen LogP contribution in [-0.2, 0) is 14.3 Å². The molecule has 4 rings (SSSR count). The van der Waals surface area contributed by atoms with Crippen molar-refractivity contribution in [1.82, 2.24) is 30.7 Å². The van der Waals surface area contributed by atoms with Gasteiger partial charge < -0.3 is 30.5 Å². The lowest BCUT2D eigenvalue weighted by Crippen LogP contribution is -2.55. The van der Waals surface area contributed by atoms with Crippen LogP contribution in [0.15, 0.2) is 40.5 Å². The lowest BCUT2D eigenvalue weighted by molar-refractivity contribution is -0.128. The molecule has 0 aromatic rings. The number of piperidine rings is 1. The summed E-state index contributed by atoms with van der Waals surface area (Å²) in [5, 5.41) is 9.83. The molecule has 2 unspecified atom stereocenters. The predicted molar refractivity (Wildman–Crippen MR) is 144 cm³/mol. The Morgan fingerprint density at radius 1 is 1.27 bits per heavy atom. The fraction of sp³-hybridized carbons (Fsp3) is 0.667. The minimum absolute atomic E-state index is 0.0445. The van der Waals surface area contributed by atoms with Crippen LogP contribution in [0.25, 0.3) is 0 Å².